The zero-order chi connectivity index (χ0) is 16.1. The fraction of sp³-hybridized carbons (Fsp3) is 0.500. The molecule has 120 valence electrons. The molecule has 3 amide bonds. The van der Waals surface area contributed by atoms with Crippen LogP contribution in [0.15, 0.2) is 15.9 Å². The van der Waals surface area contributed by atoms with Gasteiger partial charge in [-0.2, -0.15) is 0 Å². The van der Waals surface area contributed by atoms with Gasteiger partial charge in [0.1, 0.15) is 12.1 Å². The van der Waals surface area contributed by atoms with E-state index in [0.29, 0.717) is 17.8 Å². The first-order valence-electron chi connectivity index (χ1n) is 7.11. The highest BCUT2D eigenvalue weighted by Crippen LogP contribution is 2.21. The lowest BCUT2D eigenvalue weighted by atomic mass is 10.1. The molecule has 1 aromatic heterocycles. The smallest absolute Gasteiger partial charge is 0.262 e. The molecule has 22 heavy (non-hydrogen) atoms. The van der Waals surface area contributed by atoms with Gasteiger partial charge in [0.25, 0.3) is 5.91 Å². The van der Waals surface area contributed by atoms with Crippen molar-refractivity contribution < 1.29 is 14.4 Å². The molecule has 1 aliphatic heterocycles. The van der Waals surface area contributed by atoms with E-state index in [4.69, 9.17) is 0 Å². The molecule has 8 heteroatoms. The van der Waals surface area contributed by atoms with E-state index in [1.807, 2.05) is 0 Å². The summed E-state index contributed by atoms with van der Waals surface area (Å²) in [5.74, 6) is -0.818. The Labute approximate surface area is 141 Å². The second-order valence-corrected chi connectivity index (χ2v) is 7.61. The molecule has 1 fully saturated rings. The first kappa shape index (κ1) is 17.0. The predicted molar refractivity (Wildman–Crippen MR) is 87.7 cm³/mol. The summed E-state index contributed by atoms with van der Waals surface area (Å²) in [4.78, 5) is 36.5. The van der Waals surface area contributed by atoms with Crippen molar-refractivity contribution in [3.8, 4) is 0 Å². The molecule has 0 aliphatic carbocycles. The zero-order valence-corrected chi connectivity index (χ0v) is 14.6. The number of halogens is 1. The second-order valence-electron chi connectivity index (χ2n) is 5.15. The molecular weight excluding hydrogens is 370 g/mol. The number of rotatable bonds is 4. The summed E-state index contributed by atoms with van der Waals surface area (Å²) in [5.41, 5.74) is 0. The fourth-order valence-corrected chi connectivity index (χ4v) is 3.43. The lowest BCUT2D eigenvalue weighted by Crippen LogP contribution is -2.52. The first-order valence-corrected chi connectivity index (χ1v) is 8.72. The average molecular weight is 388 g/mol. The average Bonchev–Trinajstić information content (AvgIpc) is 2.81. The molecule has 0 spiro atoms. The van der Waals surface area contributed by atoms with Gasteiger partial charge in [0.2, 0.25) is 11.8 Å². The molecule has 0 saturated carbocycles. The van der Waals surface area contributed by atoms with Gasteiger partial charge in [0.15, 0.2) is 0 Å². The molecule has 2 atom stereocenters. The summed E-state index contributed by atoms with van der Waals surface area (Å²) in [7, 11) is 0. The highest BCUT2D eigenvalue weighted by atomic mass is 79.9. The van der Waals surface area contributed by atoms with Crippen molar-refractivity contribution in [2.24, 2.45) is 0 Å². The molecule has 1 aliphatic rings. The summed E-state index contributed by atoms with van der Waals surface area (Å²) in [6, 6.07) is 2.24. The quantitative estimate of drug-likeness (QED) is 0.729. The van der Waals surface area contributed by atoms with Crippen LogP contribution in [-0.2, 0) is 9.59 Å². The number of hydrogen-bond donors (Lipinski definition) is 3. The van der Waals surface area contributed by atoms with Crippen molar-refractivity contribution in [3.05, 3.63) is 20.8 Å². The second kappa shape index (κ2) is 7.73. The van der Waals surface area contributed by atoms with Gasteiger partial charge in [-0.1, -0.05) is 0 Å². The molecule has 1 aromatic rings. The van der Waals surface area contributed by atoms with Crippen LogP contribution in [0.1, 0.15) is 35.9 Å². The summed E-state index contributed by atoms with van der Waals surface area (Å²) in [5, 5.41) is 8.10. The van der Waals surface area contributed by atoms with E-state index in [1.165, 1.54) is 11.3 Å². The van der Waals surface area contributed by atoms with Gasteiger partial charge in [-0.3, -0.25) is 14.4 Å². The Morgan fingerprint density at radius 2 is 2.18 bits per heavy atom. The van der Waals surface area contributed by atoms with E-state index in [1.54, 1.807) is 19.1 Å². The van der Waals surface area contributed by atoms with Crippen LogP contribution >= 0.6 is 27.3 Å². The molecule has 0 bridgehead atoms. The van der Waals surface area contributed by atoms with Crippen molar-refractivity contribution in [1.29, 1.82) is 0 Å². The third-order valence-corrected chi connectivity index (χ3v) is 5.01. The minimum atomic E-state index is -0.704. The van der Waals surface area contributed by atoms with Crippen LogP contribution < -0.4 is 16.0 Å². The molecule has 2 rings (SSSR count). The Morgan fingerprint density at radius 3 is 2.86 bits per heavy atom. The molecule has 0 radical (unpaired) electrons. The van der Waals surface area contributed by atoms with Crippen molar-refractivity contribution in [1.82, 2.24) is 16.0 Å². The zero-order valence-electron chi connectivity index (χ0n) is 12.1. The number of thiophene rings is 1. The molecule has 0 aromatic carbocycles. The van der Waals surface area contributed by atoms with Gasteiger partial charge in [0.05, 0.1) is 8.66 Å². The number of amides is 3. The van der Waals surface area contributed by atoms with Crippen LogP contribution in [0.5, 0.6) is 0 Å². The van der Waals surface area contributed by atoms with Crippen molar-refractivity contribution in [2.45, 2.75) is 38.3 Å². The molecule has 2 unspecified atom stereocenters. The first-order chi connectivity index (χ1) is 10.5. The van der Waals surface area contributed by atoms with E-state index in [2.05, 4.69) is 31.9 Å². The number of hydrogen-bond acceptors (Lipinski definition) is 4. The Hall–Kier alpha value is -1.41. The van der Waals surface area contributed by atoms with E-state index in [-0.39, 0.29) is 17.7 Å². The van der Waals surface area contributed by atoms with Crippen LogP contribution in [0, 0.1) is 0 Å². The number of nitrogens with one attached hydrogen (secondary N) is 3. The van der Waals surface area contributed by atoms with Gasteiger partial charge < -0.3 is 16.0 Å². The maximum absolute atomic E-state index is 12.1. The van der Waals surface area contributed by atoms with E-state index < -0.39 is 12.1 Å². The Morgan fingerprint density at radius 1 is 1.41 bits per heavy atom. The van der Waals surface area contributed by atoms with E-state index >= 15 is 0 Å². The van der Waals surface area contributed by atoms with Gasteiger partial charge in [-0.05, 0) is 54.2 Å². The Bertz CT molecular complexity index is 575. The number of carbonyl (C=O) groups is 3. The van der Waals surface area contributed by atoms with Crippen LogP contribution in [0.25, 0.3) is 0 Å². The maximum Gasteiger partial charge on any atom is 0.262 e. The van der Waals surface area contributed by atoms with Crippen LogP contribution in [0.4, 0.5) is 0 Å². The predicted octanol–water partition coefficient (Wildman–Crippen LogP) is 1.41. The monoisotopic (exact) mass is 387 g/mol. The minimum absolute atomic E-state index is 0.161. The Balaban J connectivity index is 1.88. The van der Waals surface area contributed by atoms with Gasteiger partial charge >= 0.3 is 0 Å². The SMILES string of the molecule is CC(NC(=O)c1ccc(Br)s1)C(=O)NC1CCCCNC1=O. The lowest BCUT2D eigenvalue weighted by Gasteiger charge is -2.19. The minimum Gasteiger partial charge on any atom is -0.354 e. The van der Waals surface area contributed by atoms with Crippen LogP contribution in [0.2, 0.25) is 0 Å². The highest BCUT2D eigenvalue weighted by Gasteiger charge is 2.25. The highest BCUT2D eigenvalue weighted by molar-refractivity contribution is 9.11. The van der Waals surface area contributed by atoms with Crippen molar-refractivity contribution >= 4 is 45.0 Å². The number of carbonyl (C=O) groups excluding carboxylic acids is 3. The Kier molecular flexibility index (Phi) is 5.96. The summed E-state index contributed by atoms with van der Waals surface area (Å²) in [6.07, 6.45) is 2.42. The lowest BCUT2D eigenvalue weighted by molar-refractivity contribution is -0.129. The maximum atomic E-state index is 12.1. The third-order valence-electron chi connectivity index (χ3n) is 3.39. The van der Waals surface area contributed by atoms with Crippen LogP contribution in [0.3, 0.4) is 0 Å². The van der Waals surface area contributed by atoms with Gasteiger partial charge in [-0.25, -0.2) is 0 Å². The van der Waals surface area contributed by atoms with E-state index in [0.717, 1.165) is 16.6 Å². The molecule has 6 nitrogen and oxygen atoms in total. The summed E-state index contributed by atoms with van der Waals surface area (Å²) in [6.45, 7) is 2.25. The standard InChI is InChI=1S/C14H18BrN3O3S/c1-8(17-14(21)10-5-6-11(15)22-10)12(19)18-9-4-2-3-7-16-13(9)20/h5-6,8-9H,2-4,7H2,1H3,(H,16,20)(H,17,21)(H,18,19). The van der Waals surface area contributed by atoms with Crippen molar-refractivity contribution in [2.75, 3.05) is 6.54 Å². The third kappa shape index (κ3) is 4.54. The van der Waals surface area contributed by atoms with Gasteiger partial charge in [-0.15, -0.1) is 11.3 Å². The molecular formula is C14H18BrN3O3S. The molecule has 2 heterocycles. The summed E-state index contributed by atoms with van der Waals surface area (Å²) < 4.78 is 0.852. The fourth-order valence-electron chi connectivity index (χ4n) is 2.14. The van der Waals surface area contributed by atoms with E-state index in [9.17, 15) is 14.4 Å². The topological polar surface area (TPSA) is 87.3 Å². The summed E-state index contributed by atoms with van der Waals surface area (Å²) >= 11 is 4.59. The largest absolute Gasteiger partial charge is 0.354 e. The van der Waals surface area contributed by atoms with Crippen LogP contribution in [-0.4, -0.2) is 36.3 Å². The molecule has 1 saturated heterocycles. The molecule has 3 N–H and O–H groups in total. The van der Waals surface area contributed by atoms with Crippen molar-refractivity contribution in [3.63, 3.8) is 0 Å². The normalized spacial score (nSPS) is 19.7. The van der Waals surface area contributed by atoms with Gasteiger partial charge in [0, 0.05) is 6.54 Å².